The van der Waals surface area contributed by atoms with Crippen molar-refractivity contribution in [2.24, 2.45) is 0 Å². The summed E-state index contributed by atoms with van der Waals surface area (Å²) in [6.07, 6.45) is 2.71. The summed E-state index contributed by atoms with van der Waals surface area (Å²) in [7, 11) is 1.68. The zero-order valence-corrected chi connectivity index (χ0v) is 11.5. The Bertz CT molecular complexity index is 333. The predicted molar refractivity (Wildman–Crippen MR) is 71.1 cm³/mol. The molecular weight excluding hydrogens is 230 g/mol. The number of likely N-dealkylation sites (N-methyl/N-ethyl adjacent to an activating group) is 1. The summed E-state index contributed by atoms with van der Waals surface area (Å²) in [6, 6.07) is 0. The van der Waals surface area contributed by atoms with Crippen molar-refractivity contribution < 1.29 is 9.59 Å². The lowest BCUT2D eigenvalue weighted by Gasteiger charge is -2.29. The topological polar surface area (TPSA) is 52.7 Å². The number of amides is 2. The van der Waals surface area contributed by atoms with Gasteiger partial charge in [-0.15, -0.1) is 0 Å². The Hall–Kier alpha value is -1.36. The number of allylic oxidation sites excluding steroid dienone is 1. The van der Waals surface area contributed by atoms with Crippen LogP contribution >= 0.6 is 0 Å². The van der Waals surface area contributed by atoms with Gasteiger partial charge in [-0.2, -0.15) is 0 Å². The van der Waals surface area contributed by atoms with E-state index in [0.717, 1.165) is 32.6 Å². The third-order valence-electron chi connectivity index (χ3n) is 3.04. The van der Waals surface area contributed by atoms with E-state index in [2.05, 4.69) is 5.32 Å². The molecule has 2 amide bonds. The van der Waals surface area contributed by atoms with E-state index >= 15 is 0 Å². The molecule has 0 bridgehead atoms. The summed E-state index contributed by atoms with van der Waals surface area (Å²) >= 11 is 0. The van der Waals surface area contributed by atoms with Gasteiger partial charge in [-0.05, 0) is 13.3 Å². The molecule has 0 aromatic rings. The van der Waals surface area contributed by atoms with Crippen molar-refractivity contribution in [3.8, 4) is 0 Å². The second kappa shape index (κ2) is 7.16. The molecule has 0 aliphatic carbocycles. The molecule has 1 heterocycles. The molecule has 5 heteroatoms. The van der Waals surface area contributed by atoms with Crippen molar-refractivity contribution >= 4 is 11.8 Å². The van der Waals surface area contributed by atoms with Gasteiger partial charge in [0.15, 0.2) is 0 Å². The molecule has 1 N–H and O–H groups in total. The van der Waals surface area contributed by atoms with E-state index in [4.69, 9.17) is 0 Å². The molecule has 1 fully saturated rings. The number of carbonyl (C=O) groups excluding carboxylic acids is 2. The summed E-state index contributed by atoms with van der Waals surface area (Å²) in [5.74, 6) is -0.0445. The molecule has 5 nitrogen and oxygen atoms in total. The van der Waals surface area contributed by atoms with Gasteiger partial charge in [0.2, 0.25) is 11.8 Å². The first kappa shape index (κ1) is 14.7. The van der Waals surface area contributed by atoms with E-state index < -0.39 is 0 Å². The first-order valence-electron chi connectivity index (χ1n) is 6.47. The summed E-state index contributed by atoms with van der Waals surface area (Å²) < 4.78 is 0. The van der Waals surface area contributed by atoms with Crippen molar-refractivity contribution in [1.82, 2.24) is 15.1 Å². The van der Waals surface area contributed by atoms with Crippen molar-refractivity contribution in [3.05, 3.63) is 11.6 Å². The molecule has 1 aliphatic heterocycles. The quantitative estimate of drug-likeness (QED) is 0.730. The Kier molecular flexibility index (Phi) is 5.85. The fourth-order valence-electron chi connectivity index (χ4n) is 1.98. The lowest BCUT2D eigenvalue weighted by molar-refractivity contribution is -0.138. The van der Waals surface area contributed by atoms with Crippen molar-refractivity contribution in [2.75, 3.05) is 39.8 Å². The molecule has 0 saturated carbocycles. The standard InChI is InChI=1S/C13H23N3O2/c1-4-5-11(2)13(18)15(3)10-12(17)16-8-6-14-7-9-16/h5,14H,4,6-10H2,1-3H3/b11-5+. The van der Waals surface area contributed by atoms with Crippen molar-refractivity contribution in [1.29, 1.82) is 0 Å². The summed E-state index contributed by atoms with van der Waals surface area (Å²) in [4.78, 5) is 27.2. The minimum absolute atomic E-state index is 0.0247. The highest BCUT2D eigenvalue weighted by Gasteiger charge is 2.20. The van der Waals surface area contributed by atoms with E-state index in [1.807, 2.05) is 13.0 Å². The number of hydrogen-bond donors (Lipinski definition) is 1. The molecule has 0 unspecified atom stereocenters. The van der Waals surface area contributed by atoms with Gasteiger partial charge in [-0.3, -0.25) is 9.59 Å². The van der Waals surface area contributed by atoms with Gasteiger partial charge in [0.25, 0.3) is 0 Å². The summed E-state index contributed by atoms with van der Waals surface area (Å²) in [5.41, 5.74) is 0.702. The van der Waals surface area contributed by atoms with Crippen LogP contribution in [0.15, 0.2) is 11.6 Å². The van der Waals surface area contributed by atoms with E-state index in [-0.39, 0.29) is 18.4 Å². The average molecular weight is 253 g/mol. The van der Waals surface area contributed by atoms with Gasteiger partial charge in [0, 0.05) is 38.8 Å². The Labute approximate surface area is 109 Å². The van der Waals surface area contributed by atoms with Crippen LogP contribution in [0.25, 0.3) is 0 Å². The third-order valence-corrected chi connectivity index (χ3v) is 3.04. The number of carbonyl (C=O) groups is 2. The molecule has 1 aliphatic rings. The lowest BCUT2D eigenvalue weighted by atomic mass is 10.2. The number of rotatable bonds is 4. The maximum atomic E-state index is 12.0. The van der Waals surface area contributed by atoms with Crippen molar-refractivity contribution in [2.45, 2.75) is 20.3 Å². The van der Waals surface area contributed by atoms with Crippen LogP contribution in [0.1, 0.15) is 20.3 Å². The first-order chi connectivity index (χ1) is 8.56. The Morgan fingerprint density at radius 3 is 2.50 bits per heavy atom. The van der Waals surface area contributed by atoms with Crippen LogP contribution in [0.2, 0.25) is 0 Å². The van der Waals surface area contributed by atoms with Crippen LogP contribution in [-0.2, 0) is 9.59 Å². The van der Waals surface area contributed by atoms with Crippen LogP contribution in [0.4, 0.5) is 0 Å². The van der Waals surface area contributed by atoms with Gasteiger partial charge in [0.05, 0.1) is 6.54 Å². The van der Waals surface area contributed by atoms with Gasteiger partial charge in [-0.25, -0.2) is 0 Å². The molecule has 18 heavy (non-hydrogen) atoms. The molecule has 1 saturated heterocycles. The molecule has 0 spiro atoms. The fraction of sp³-hybridized carbons (Fsp3) is 0.692. The number of piperazine rings is 1. The van der Waals surface area contributed by atoms with Crippen LogP contribution in [0.3, 0.4) is 0 Å². The maximum absolute atomic E-state index is 12.0. The minimum Gasteiger partial charge on any atom is -0.339 e. The largest absolute Gasteiger partial charge is 0.339 e. The molecule has 0 aromatic heterocycles. The highest BCUT2D eigenvalue weighted by molar-refractivity contribution is 5.95. The molecule has 0 atom stereocenters. The zero-order valence-electron chi connectivity index (χ0n) is 11.5. The Morgan fingerprint density at radius 2 is 1.94 bits per heavy atom. The number of nitrogens with one attached hydrogen (secondary N) is 1. The van der Waals surface area contributed by atoms with Gasteiger partial charge in [0.1, 0.15) is 0 Å². The van der Waals surface area contributed by atoms with Crippen LogP contribution < -0.4 is 5.32 Å². The van der Waals surface area contributed by atoms with E-state index in [0.29, 0.717) is 5.57 Å². The molecule has 0 aromatic carbocycles. The lowest BCUT2D eigenvalue weighted by Crippen LogP contribution is -2.49. The third kappa shape index (κ3) is 4.14. The molecular formula is C13H23N3O2. The number of hydrogen-bond acceptors (Lipinski definition) is 3. The minimum atomic E-state index is -0.0691. The first-order valence-corrected chi connectivity index (χ1v) is 6.47. The summed E-state index contributed by atoms with van der Waals surface area (Å²) in [5, 5.41) is 3.20. The van der Waals surface area contributed by atoms with E-state index in [9.17, 15) is 9.59 Å². The molecule has 102 valence electrons. The van der Waals surface area contributed by atoms with Gasteiger partial charge >= 0.3 is 0 Å². The smallest absolute Gasteiger partial charge is 0.249 e. The highest BCUT2D eigenvalue weighted by atomic mass is 16.2. The summed E-state index contributed by atoms with van der Waals surface area (Å²) in [6.45, 7) is 7.06. The second-order valence-corrected chi connectivity index (χ2v) is 4.59. The monoisotopic (exact) mass is 253 g/mol. The van der Waals surface area contributed by atoms with Gasteiger partial charge < -0.3 is 15.1 Å². The van der Waals surface area contributed by atoms with Crippen molar-refractivity contribution in [3.63, 3.8) is 0 Å². The highest BCUT2D eigenvalue weighted by Crippen LogP contribution is 2.02. The maximum Gasteiger partial charge on any atom is 0.249 e. The normalized spacial score (nSPS) is 16.6. The number of nitrogens with zero attached hydrogens (tertiary/aromatic N) is 2. The van der Waals surface area contributed by atoms with Crippen LogP contribution in [-0.4, -0.2) is 61.4 Å². The zero-order chi connectivity index (χ0) is 13.5. The van der Waals surface area contributed by atoms with Gasteiger partial charge in [-0.1, -0.05) is 13.0 Å². The molecule has 1 rings (SSSR count). The van der Waals surface area contributed by atoms with E-state index in [1.165, 1.54) is 4.90 Å². The average Bonchev–Trinajstić information content (AvgIpc) is 2.39. The van der Waals surface area contributed by atoms with Crippen LogP contribution in [0.5, 0.6) is 0 Å². The predicted octanol–water partition coefficient (Wildman–Crippen LogP) is 0.233. The SMILES string of the molecule is CC/C=C(\C)C(=O)N(C)CC(=O)N1CCNCC1. The second-order valence-electron chi connectivity index (χ2n) is 4.59. The van der Waals surface area contributed by atoms with E-state index in [1.54, 1.807) is 18.9 Å². The fourth-order valence-corrected chi connectivity index (χ4v) is 1.98. The Morgan fingerprint density at radius 1 is 1.33 bits per heavy atom. The molecule has 0 radical (unpaired) electrons. The Balaban J connectivity index is 2.48. The van der Waals surface area contributed by atoms with Crippen LogP contribution in [0, 0.1) is 0 Å².